The van der Waals surface area contributed by atoms with Gasteiger partial charge in [-0.05, 0) is 32.4 Å². The highest BCUT2D eigenvalue weighted by atomic mass is 19.1. The maximum Gasteiger partial charge on any atom is 0.340 e. The lowest BCUT2D eigenvalue weighted by molar-refractivity contribution is 0.0692. The van der Waals surface area contributed by atoms with Crippen molar-refractivity contribution >= 4 is 11.7 Å². The van der Waals surface area contributed by atoms with Gasteiger partial charge in [0.15, 0.2) is 0 Å². The van der Waals surface area contributed by atoms with E-state index in [0.717, 1.165) is 6.42 Å². The van der Waals surface area contributed by atoms with Crippen molar-refractivity contribution in [2.45, 2.75) is 32.7 Å². The molecule has 0 spiro atoms. The van der Waals surface area contributed by atoms with Gasteiger partial charge in [0.2, 0.25) is 0 Å². The van der Waals surface area contributed by atoms with Crippen LogP contribution in [0.3, 0.4) is 0 Å². The lowest BCUT2D eigenvalue weighted by atomic mass is 9.98. The zero-order chi connectivity index (χ0) is 13.2. The average molecular weight is 239 g/mol. The lowest BCUT2D eigenvalue weighted by Gasteiger charge is -2.37. The average Bonchev–Trinajstić information content (AvgIpc) is 2.27. The molecule has 0 saturated heterocycles. The number of halogens is 1. The number of anilines is 1. The summed E-state index contributed by atoms with van der Waals surface area (Å²) < 4.78 is 13.5. The Morgan fingerprint density at radius 1 is 1.47 bits per heavy atom. The molecule has 0 atom stereocenters. The van der Waals surface area contributed by atoms with Gasteiger partial charge >= 0.3 is 5.97 Å². The minimum Gasteiger partial charge on any atom is -0.478 e. The van der Waals surface area contributed by atoms with Gasteiger partial charge in [-0.25, -0.2) is 9.18 Å². The number of nitrogens with zero attached hydrogens (tertiary/aromatic N) is 1. The van der Waals surface area contributed by atoms with Gasteiger partial charge in [0.05, 0.1) is 5.69 Å². The molecule has 17 heavy (non-hydrogen) atoms. The van der Waals surface area contributed by atoms with Crippen molar-refractivity contribution in [1.82, 2.24) is 0 Å². The van der Waals surface area contributed by atoms with E-state index in [0.29, 0.717) is 5.69 Å². The first-order valence-electron chi connectivity index (χ1n) is 5.57. The largest absolute Gasteiger partial charge is 0.478 e. The second-order valence-electron chi connectivity index (χ2n) is 4.66. The lowest BCUT2D eigenvalue weighted by Crippen LogP contribution is -2.41. The molecule has 1 aromatic rings. The summed E-state index contributed by atoms with van der Waals surface area (Å²) in [6.07, 6.45) is 0.832. The fraction of sp³-hybridized carbons (Fsp3) is 0.462. The first-order valence-corrected chi connectivity index (χ1v) is 5.57. The number of benzene rings is 1. The summed E-state index contributed by atoms with van der Waals surface area (Å²) >= 11 is 0. The Hall–Kier alpha value is -1.58. The van der Waals surface area contributed by atoms with Gasteiger partial charge in [0.25, 0.3) is 0 Å². The molecular weight excluding hydrogens is 221 g/mol. The second kappa shape index (κ2) is 4.73. The monoisotopic (exact) mass is 239 g/mol. The van der Waals surface area contributed by atoms with E-state index in [9.17, 15) is 9.18 Å². The molecule has 0 radical (unpaired) electrons. The van der Waals surface area contributed by atoms with E-state index < -0.39 is 11.8 Å². The van der Waals surface area contributed by atoms with Crippen LogP contribution in [0.15, 0.2) is 18.2 Å². The van der Waals surface area contributed by atoms with Crippen LogP contribution in [-0.2, 0) is 0 Å². The number of carboxylic acid groups (broad SMARTS) is 1. The van der Waals surface area contributed by atoms with E-state index >= 15 is 0 Å². The molecule has 0 aromatic heterocycles. The summed E-state index contributed by atoms with van der Waals surface area (Å²) in [6, 6.07) is 4.32. The molecule has 1 N–H and O–H groups in total. The minimum absolute atomic E-state index is 0.224. The van der Waals surface area contributed by atoms with Crippen molar-refractivity contribution in [1.29, 1.82) is 0 Å². The molecule has 0 unspecified atom stereocenters. The molecule has 1 rings (SSSR count). The number of carboxylic acids is 1. The van der Waals surface area contributed by atoms with Gasteiger partial charge in [-0.3, -0.25) is 0 Å². The Morgan fingerprint density at radius 3 is 2.53 bits per heavy atom. The van der Waals surface area contributed by atoms with E-state index in [2.05, 4.69) is 0 Å². The maximum absolute atomic E-state index is 13.5. The summed E-state index contributed by atoms with van der Waals surface area (Å²) in [7, 11) is 1.78. The smallest absolute Gasteiger partial charge is 0.340 e. The highest BCUT2D eigenvalue weighted by molar-refractivity contribution is 5.94. The van der Waals surface area contributed by atoms with Crippen molar-refractivity contribution in [3.05, 3.63) is 29.6 Å². The third-order valence-electron chi connectivity index (χ3n) is 3.34. The summed E-state index contributed by atoms with van der Waals surface area (Å²) in [4.78, 5) is 12.9. The number of hydrogen-bond donors (Lipinski definition) is 1. The molecular formula is C13H18FNO2. The van der Waals surface area contributed by atoms with Crippen molar-refractivity contribution in [2.24, 2.45) is 0 Å². The van der Waals surface area contributed by atoms with Gasteiger partial charge in [-0.2, -0.15) is 0 Å². The Bertz CT molecular complexity index is 429. The Kier molecular flexibility index (Phi) is 3.76. The van der Waals surface area contributed by atoms with Gasteiger partial charge in [-0.1, -0.05) is 13.0 Å². The van der Waals surface area contributed by atoms with Crippen molar-refractivity contribution in [3.8, 4) is 0 Å². The van der Waals surface area contributed by atoms with Gasteiger partial charge < -0.3 is 10.0 Å². The Balaban J connectivity index is 3.32. The summed E-state index contributed by atoms with van der Waals surface area (Å²) in [5, 5.41) is 9.07. The molecule has 0 amide bonds. The van der Waals surface area contributed by atoms with E-state index in [1.807, 2.05) is 20.8 Å². The molecule has 4 heteroatoms. The number of hydrogen-bond acceptors (Lipinski definition) is 2. The van der Waals surface area contributed by atoms with Crippen LogP contribution in [-0.4, -0.2) is 23.7 Å². The number of carbonyl (C=O) groups is 1. The standard InChI is InChI=1S/C13H18FNO2/c1-5-13(2,3)15(4)10-8-6-7-9(14)11(10)12(16)17/h6-8H,5H2,1-4H3,(H,16,17). The third-order valence-corrected chi connectivity index (χ3v) is 3.34. The van der Waals surface area contributed by atoms with Crippen LogP contribution in [0.5, 0.6) is 0 Å². The van der Waals surface area contributed by atoms with Crippen LogP contribution < -0.4 is 4.90 Å². The maximum atomic E-state index is 13.5. The second-order valence-corrected chi connectivity index (χ2v) is 4.66. The summed E-state index contributed by atoms with van der Waals surface area (Å²) in [6.45, 7) is 5.99. The fourth-order valence-corrected chi connectivity index (χ4v) is 1.57. The van der Waals surface area contributed by atoms with Gasteiger partial charge in [-0.15, -0.1) is 0 Å². The fourth-order valence-electron chi connectivity index (χ4n) is 1.57. The van der Waals surface area contributed by atoms with Crippen LogP contribution in [0.2, 0.25) is 0 Å². The van der Waals surface area contributed by atoms with Crippen LogP contribution >= 0.6 is 0 Å². The molecule has 94 valence electrons. The topological polar surface area (TPSA) is 40.5 Å². The summed E-state index contributed by atoms with van der Waals surface area (Å²) in [5.74, 6) is -1.94. The first kappa shape index (κ1) is 13.5. The van der Waals surface area contributed by atoms with E-state index in [1.54, 1.807) is 18.0 Å². The normalized spacial score (nSPS) is 11.4. The quantitative estimate of drug-likeness (QED) is 0.877. The Morgan fingerprint density at radius 2 is 2.06 bits per heavy atom. The minimum atomic E-state index is -1.24. The zero-order valence-electron chi connectivity index (χ0n) is 10.6. The third kappa shape index (κ3) is 2.57. The highest BCUT2D eigenvalue weighted by Crippen LogP contribution is 2.29. The predicted octanol–water partition coefficient (Wildman–Crippen LogP) is 3.15. The molecule has 0 aliphatic carbocycles. The molecule has 1 aromatic carbocycles. The van der Waals surface area contributed by atoms with Gasteiger partial charge in [0.1, 0.15) is 11.4 Å². The molecule has 0 saturated carbocycles. The van der Waals surface area contributed by atoms with Crippen LogP contribution in [0.4, 0.5) is 10.1 Å². The van der Waals surface area contributed by atoms with Crippen molar-refractivity contribution < 1.29 is 14.3 Å². The van der Waals surface area contributed by atoms with E-state index in [1.165, 1.54) is 12.1 Å². The van der Waals surface area contributed by atoms with Gasteiger partial charge in [0, 0.05) is 12.6 Å². The SMILES string of the molecule is CCC(C)(C)N(C)c1cccc(F)c1C(=O)O. The molecule has 0 bridgehead atoms. The zero-order valence-corrected chi connectivity index (χ0v) is 10.6. The van der Waals surface area contributed by atoms with Crippen molar-refractivity contribution in [3.63, 3.8) is 0 Å². The molecule has 3 nitrogen and oxygen atoms in total. The van der Waals surface area contributed by atoms with E-state index in [-0.39, 0.29) is 11.1 Å². The number of aromatic carboxylic acids is 1. The number of rotatable bonds is 4. The van der Waals surface area contributed by atoms with Crippen LogP contribution in [0, 0.1) is 5.82 Å². The van der Waals surface area contributed by atoms with E-state index in [4.69, 9.17) is 5.11 Å². The van der Waals surface area contributed by atoms with Crippen LogP contribution in [0.1, 0.15) is 37.6 Å². The predicted molar refractivity (Wildman–Crippen MR) is 66.1 cm³/mol. The Labute approximate surface area is 101 Å². The summed E-state index contributed by atoms with van der Waals surface area (Å²) in [5.41, 5.74) is -0.0845. The molecule has 0 heterocycles. The van der Waals surface area contributed by atoms with Crippen LogP contribution in [0.25, 0.3) is 0 Å². The van der Waals surface area contributed by atoms with Crippen molar-refractivity contribution in [2.75, 3.05) is 11.9 Å². The molecule has 0 aliphatic heterocycles. The first-order chi connectivity index (χ1) is 7.81. The highest BCUT2D eigenvalue weighted by Gasteiger charge is 2.26. The molecule has 0 fully saturated rings. The molecule has 0 aliphatic rings.